The Morgan fingerprint density at radius 3 is 1.94 bits per heavy atom. The molecular formula is C10H21O5P. The fourth-order valence-electron chi connectivity index (χ4n) is 1.24. The van der Waals surface area contributed by atoms with E-state index in [2.05, 4.69) is 0 Å². The SMILES string of the molecule is CCOCC(C(C)=O)P(=O)(OCC)OCC. The molecule has 0 radical (unpaired) electrons. The highest BCUT2D eigenvalue weighted by atomic mass is 31.2. The van der Waals surface area contributed by atoms with Crippen molar-refractivity contribution in [3.05, 3.63) is 0 Å². The molecule has 0 amide bonds. The summed E-state index contributed by atoms with van der Waals surface area (Å²) in [5.41, 5.74) is -0.827. The van der Waals surface area contributed by atoms with Crippen molar-refractivity contribution in [2.24, 2.45) is 0 Å². The summed E-state index contributed by atoms with van der Waals surface area (Å²) in [4.78, 5) is 11.4. The van der Waals surface area contributed by atoms with Crippen molar-refractivity contribution in [3.63, 3.8) is 0 Å². The number of ketones is 1. The van der Waals surface area contributed by atoms with Crippen molar-refractivity contribution in [1.82, 2.24) is 0 Å². The molecule has 0 aliphatic carbocycles. The lowest BCUT2D eigenvalue weighted by Crippen LogP contribution is -2.26. The third-order valence-electron chi connectivity index (χ3n) is 1.95. The van der Waals surface area contributed by atoms with Gasteiger partial charge in [0.15, 0.2) is 0 Å². The molecule has 0 fully saturated rings. The van der Waals surface area contributed by atoms with Crippen molar-refractivity contribution in [2.75, 3.05) is 26.4 Å². The van der Waals surface area contributed by atoms with Crippen LogP contribution in [0, 0.1) is 0 Å². The predicted octanol–water partition coefficient (Wildman–Crippen LogP) is 2.25. The van der Waals surface area contributed by atoms with Crippen LogP contribution in [0.15, 0.2) is 0 Å². The zero-order valence-electron chi connectivity index (χ0n) is 10.4. The summed E-state index contributed by atoms with van der Waals surface area (Å²) < 4.78 is 27.7. The molecule has 96 valence electrons. The van der Waals surface area contributed by atoms with E-state index in [4.69, 9.17) is 13.8 Å². The zero-order valence-corrected chi connectivity index (χ0v) is 11.3. The van der Waals surface area contributed by atoms with E-state index in [1.54, 1.807) is 13.8 Å². The Hall–Kier alpha value is -0.220. The monoisotopic (exact) mass is 252 g/mol. The van der Waals surface area contributed by atoms with Crippen molar-refractivity contribution in [3.8, 4) is 0 Å². The highest BCUT2D eigenvalue weighted by Crippen LogP contribution is 2.53. The zero-order chi connectivity index (χ0) is 12.6. The smallest absolute Gasteiger partial charge is 0.343 e. The predicted molar refractivity (Wildman–Crippen MR) is 61.8 cm³/mol. The quantitative estimate of drug-likeness (QED) is 0.589. The van der Waals surface area contributed by atoms with Gasteiger partial charge >= 0.3 is 7.60 Å². The third-order valence-corrected chi connectivity index (χ3v) is 4.46. The van der Waals surface area contributed by atoms with Gasteiger partial charge in [-0.15, -0.1) is 0 Å². The fraction of sp³-hybridized carbons (Fsp3) is 0.900. The average molecular weight is 252 g/mol. The number of hydrogen-bond donors (Lipinski definition) is 0. The number of carbonyl (C=O) groups excluding carboxylic acids is 1. The molecule has 0 aliphatic rings. The maximum absolute atomic E-state index is 12.3. The fourth-order valence-corrected chi connectivity index (χ4v) is 3.13. The average Bonchev–Trinajstić information content (AvgIpc) is 2.18. The number of hydrogen-bond acceptors (Lipinski definition) is 5. The molecule has 1 atom stereocenters. The topological polar surface area (TPSA) is 61.8 Å². The normalized spacial score (nSPS) is 13.8. The molecule has 0 bridgehead atoms. The number of ether oxygens (including phenoxy) is 1. The van der Waals surface area contributed by atoms with Gasteiger partial charge in [-0.1, -0.05) is 0 Å². The van der Waals surface area contributed by atoms with E-state index in [-0.39, 0.29) is 25.6 Å². The Morgan fingerprint density at radius 2 is 1.62 bits per heavy atom. The Balaban J connectivity index is 4.78. The summed E-state index contributed by atoms with van der Waals surface area (Å²) in [7, 11) is -3.39. The molecule has 0 aromatic rings. The Kier molecular flexibility index (Phi) is 7.85. The maximum Gasteiger partial charge on any atom is 0.343 e. The van der Waals surface area contributed by atoms with Gasteiger partial charge in [0.2, 0.25) is 0 Å². The van der Waals surface area contributed by atoms with Crippen LogP contribution in [0.3, 0.4) is 0 Å². The molecule has 0 rings (SSSR count). The molecule has 1 unspecified atom stereocenters. The second kappa shape index (κ2) is 7.96. The molecule has 16 heavy (non-hydrogen) atoms. The van der Waals surface area contributed by atoms with Crippen molar-refractivity contribution in [2.45, 2.75) is 33.4 Å². The lowest BCUT2D eigenvalue weighted by molar-refractivity contribution is -0.118. The molecule has 0 saturated carbocycles. The summed E-state index contributed by atoms with van der Waals surface area (Å²) in [6, 6.07) is 0. The van der Waals surface area contributed by atoms with E-state index in [1.165, 1.54) is 6.92 Å². The van der Waals surface area contributed by atoms with E-state index in [0.717, 1.165) is 0 Å². The Morgan fingerprint density at radius 1 is 1.12 bits per heavy atom. The highest BCUT2D eigenvalue weighted by Gasteiger charge is 2.39. The second-order valence-corrected chi connectivity index (χ2v) is 5.38. The van der Waals surface area contributed by atoms with Crippen LogP contribution < -0.4 is 0 Å². The first kappa shape index (κ1) is 15.8. The van der Waals surface area contributed by atoms with E-state index in [9.17, 15) is 9.36 Å². The number of Topliss-reactive ketones (excluding diaryl/α,β-unsaturated/α-hetero) is 1. The van der Waals surface area contributed by atoms with E-state index in [0.29, 0.717) is 6.61 Å². The summed E-state index contributed by atoms with van der Waals surface area (Å²) in [6.07, 6.45) is 0. The lowest BCUT2D eigenvalue weighted by atomic mass is 10.3. The van der Waals surface area contributed by atoms with Crippen LogP contribution in [0.5, 0.6) is 0 Å². The summed E-state index contributed by atoms with van der Waals surface area (Å²) in [5, 5.41) is 0. The Bertz CT molecular complexity index is 244. The van der Waals surface area contributed by atoms with Crippen molar-refractivity contribution >= 4 is 13.4 Å². The lowest BCUT2D eigenvalue weighted by Gasteiger charge is -2.24. The molecule has 0 aromatic carbocycles. The minimum Gasteiger partial charge on any atom is -0.380 e. The van der Waals surface area contributed by atoms with Gasteiger partial charge in [0.05, 0.1) is 19.8 Å². The van der Waals surface area contributed by atoms with Crippen LogP contribution in [0.1, 0.15) is 27.7 Å². The molecular weight excluding hydrogens is 231 g/mol. The number of carbonyl (C=O) groups is 1. The second-order valence-electron chi connectivity index (χ2n) is 3.16. The van der Waals surface area contributed by atoms with Gasteiger partial charge in [0.1, 0.15) is 11.4 Å². The first-order chi connectivity index (χ1) is 7.51. The summed E-state index contributed by atoms with van der Waals surface area (Å²) in [6.45, 7) is 7.62. The Labute approximate surface area is 97.0 Å². The standard InChI is InChI=1S/C10H21O5P/c1-5-13-8-10(9(4)11)16(12,14-6-2)15-7-3/h10H,5-8H2,1-4H3. The molecule has 6 heteroatoms. The van der Waals surface area contributed by atoms with Gasteiger partial charge in [-0.2, -0.15) is 0 Å². The first-order valence-corrected chi connectivity index (χ1v) is 7.09. The van der Waals surface area contributed by atoms with E-state index < -0.39 is 13.3 Å². The minimum atomic E-state index is -3.39. The molecule has 5 nitrogen and oxygen atoms in total. The van der Waals surface area contributed by atoms with Crippen LogP contribution in [-0.2, 0) is 23.1 Å². The van der Waals surface area contributed by atoms with Gasteiger partial charge in [-0.3, -0.25) is 9.36 Å². The van der Waals surface area contributed by atoms with Crippen LogP contribution in [0.25, 0.3) is 0 Å². The maximum atomic E-state index is 12.3. The minimum absolute atomic E-state index is 0.0725. The van der Waals surface area contributed by atoms with Gasteiger partial charge < -0.3 is 13.8 Å². The molecule has 0 spiro atoms. The van der Waals surface area contributed by atoms with Crippen LogP contribution in [0.4, 0.5) is 0 Å². The molecule has 0 heterocycles. The summed E-state index contributed by atoms with van der Waals surface area (Å²) in [5.74, 6) is -0.237. The van der Waals surface area contributed by atoms with Crippen molar-refractivity contribution in [1.29, 1.82) is 0 Å². The van der Waals surface area contributed by atoms with Gasteiger partial charge in [0.25, 0.3) is 0 Å². The highest BCUT2D eigenvalue weighted by molar-refractivity contribution is 7.55. The van der Waals surface area contributed by atoms with Crippen LogP contribution in [0.2, 0.25) is 0 Å². The molecule has 0 aliphatic heterocycles. The number of rotatable bonds is 9. The van der Waals surface area contributed by atoms with Gasteiger partial charge in [-0.25, -0.2) is 0 Å². The van der Waals surface area contributed by atoms with Crippen LogP contribution >= 0.6 is 7.60 Å². The van der Waals surface area contributed by atoms with E-state index >= 15 is 0 Å². The largest absolute Gasteiger partial charge is 0.380 e. The molecule has 0 N–H and O–H groups in total. The summed E-state index contributed by atoms with van der Waals surface area (Å²) >= 11 is 0. The van der Waals surface area contributed by atoms with Gasteiger partial charge in [0, 0.05) is 6.61 Å². The van der Waals surface area contributed by atoms with Gasteiger partial charge in [-0.05, 0) is 27.7 Å². The van der Waals surface area contributed by atoms with Crippen LogP contribution in [-0.4, -0.2) is 37.9 Å². The van der Waals surface area contributed by atoms with Crippen molar-refractivity contribution < 1.29 is 23.1 Å². The third kappa shape index (κ3) is 4.74. The molecule has 0 saturated heterocycles. The molecule has 0 aromatic heterocycles. The van der Waals surface area contributed by atoms with E-state index in [1.807, 2.05) is 6.92 Å². The first-order valence-electron chi connectivity index (χ1n) is 5.48.